The average molecular weight is 269 g/mol. The minimum atomic E-state index is -0.816. The van der Waals surface area contributed by atoms with Crippen molar-refractivity contribution in [3.63, 3.8) is 0 Å². The molecule has 0 heterocycles. The number of halogens is 3. The molecule has 0 aromatic heterocycles. The van der Waals surface area contributed by atoms with Gasteiger partial charge in [0.15, 0.2) is 0 Å². The Morgan fingerprint density at radius 1 is 1.00 bits per heavy atom. The summed E-state index contributed by atoms with van der Waals surface area (Å²) < 4.78 is 26.0. The molecule has 0 bridgehead atoms. The molecule has 0 radical (unpaired) electrons. The van der Waals surface area contributed by atoms with Crippen molar-refractivity contribution in [3.8, 4) is 0 Å². The van der Waals surface area contributed by atoms with Crippen LogP contribution in [0.2, 0.25) is 5.02 Å². The first-order valence-electron chi connectivity index (χ1n) is 5.43. The maximum Gasteiger partial charge on any atom is 0.126 e. The highest BCUT2D eigenvalue weighted by Gasteiger charge is 2.10. The highest BCUT2D eigenvalue weighted by Crippen LogP contribution is 2.21. The van der Waals surface area contributed by atoms with Gasteiger partial charge in [0.25, 0.3) is 0 Å². The van der Waals surface area contributed by atoms with Crippen molar-refractivity contribution in [2.24, 2.45) is 0 Å². The first kappa shape index (κ1) is 13.0. The molecule has 0 spiro atoms. The molecule has 2 aromatic carbocycles. The van der Waals surface area contributed by atoms with Crippen LogP contribution < -0.4 is 0 Å². The van der Waals surface area contributed by atoms with Crippen molar-refractivity contribution in [1.82, 2.24) is 0 Å². The first-order chi connectivity index (χ1) is 8.54. The van der Waals surface area contributed by atoms with Gasteiger partial charge in [-0.25, -0.2) is 8.78 Å². The Labute approximate surface area is 109 Å². The summed E-state index contributed by atoms with van der Waals surface area (Å²) >= 11 is 5.74. The Balaban J connectivity index is 2.15. The zero-order chi connectivity index (χ0) is 13.1. The van der Waals surface area contributed by atoms with E-state index in [-0.39, 0.29) is 6.42 Å². The lowest BCUT2D eigenvalue weighted by atomic mass is 10.0. The zero-order valence-electron chi connectivity index (χ0n) is 9.41. The molecule has 1 unspecified atom stereocenters. The molecule has 0 aliphatic carbocycles. The van der Waals surface area contributed by atoms with Crippen LogP contribution in [0.5, 0.6) is 0 Å². The number of benzene rings is 2. The van der Waals surface area contributed by atoms with E-state index in [1.807, 2.05) is 0 Å². The Kier molecular flexibility index (Phi) is 3.94. The molecule has 0 aliphatic rings. The molecule has 0 aliphatic heterocycles. The second-order valence-electron chi connectivity index (χ2n) is 4.05. The highest BCUT2D eigenvalue weighted by atomic mass is 35.5. The lowest BCUT2D eigenvalue weighted by Gasteiger charge is -2.11. The summed E-state index contributed by atoms with van der Waals surface area (Å²) in [6.45, 7) is 0. The Bertz CT molecular complexity index is 520. The van der Waals surface area contributed by atoms with Gasteiger partial charge in [-0.1, -0.05) is 23.7 Å². The third-order valence-corrected chi connectivity index (χ3v) is 2.86. The number of aliphatic hydroxyl groups excluding tert-OH is 1. The van der Waals surface area contributed by atoms with Crippen LogP contribution in [-0.4, -0.2) is 5.11 Å². The van der Waals surface area contributed by atoms with E-state index in [1.165, 1.54) is 12.1 Å². The van der Waals surface area contributed by atoms with Gasteiger partial charge in [0.05, 0.1) is 6.10 Å². The fourth-order valence-electron chi connectivity index (χ4n) is 1.75. The number of hydrogen-bond donors (Lipinski definition) is 1. The van der Waals surface area contributed by atoms with E-state index in [1.54, 1.807) is 24.3 Å². The molecule has 0 fully saturated rings. The van der Waals surface area contributed by atoms with Gasteiger partial charge in [-0.3, -0.25) is 0 Å². The predicted octanol–water partition coefficient (Wildman–Crippen LogP) is 3.89. The lowest BCUT2D eigenvalue weighted by Crippen LogP contribution is -2.02. The molecule has 0 amide bonds. The second kappa shape index (κ2) is 5.46. The van der Waals surface area contributed by atoms with Gasteiger partial charge >= 0.3 is 0 Å². The first-order valence-corrected chi connectivity index (χ1v) is 5.81. The molecular formula is C14H11ClF2O. The Morgan fingerprint density at radius 2 is 1.56 bits per heavy atom. The van der Waals surface area contributed by atoms with E-state index in [2.05, 4.69) is 0 Å². The monoisotopic (exact) mass is 268 g/mol. The van der Waals surface area contributed by atoms with Crippen LogP contribution in [0.4, 0.5) is 8.78 Å². The van der Waals surface area contributed by atoms with Crippen LogP contribution in [0.15, 0.2) is 42.5 Å². The summed E-state index contributed by atoms with van der Waals surface area (Å²) in [6.07, 6.45) is -0.667. The maximum absolute atomic E-state index is 13.0. The molecule has 0 saturated carbocycles. The molecule has 1 atom stereocenters. The van der Waals surface area contributed by atoms with Gasteiger partial charge in [0.2, 0.25) is 0 Å². The van der Waals surface area contributed by atoms with E-state index in [4.69, 9.17) is 11.6 Å². The predicted molar refractivity (Wildman–Crippen MR) is 66.5 cm³/mol. The van der Waals surface area contributed by atoms with Crippen molar-refractivity contribution in [2.45, 2.75) is 12.5 Å². The smallest absolute Gasteiger partial charge is 0.126 e. The van der Waals surface area contributed by atoms with Crippen LogP contribution in [0.3, 0.4) is 0 Å². The van der Waals surface area contributed by atoms with Crippen molar-refractivity contribution < 1.29 is 13.9 Å². The standard InChI is InChI=1S/C14H11ClF2O/c15-11-3-1-10(2-4-11)14(18)7-9-5-12(16)8-13(17)6-9/h1-6,8,14,18H,7H2. The lowest BCUT2D eigenvalue weighted by molar-refractivity contribution is 0.178. The molecule has 18 heavy (non-hydrogen) atoms. The van der Waals surface area contributed by atoms with E-state index in [0.29, 0.717) is 16.1 Å². The summed E-state index contributed by atoms with van der Waals surface area (Å²) in [5, 5.41) is 10.5. The van der Waals surface area contributed by atoms with Crippen LogP contribution >= 0.6 is 11.6 Å². The molecule has 1 nitrogen and oxygen atoms in total. The number of aliphatic hydroxyl groups is 1. The molecular weight excluding hydrogens is 258 g/mol. The van der Waals surface area contributed by atoms with Gasteiger partial charge in [0, 0.05) is 17.5 Å². The maximum atomic E-state index is 13.0. The Hall–Kier alpha value is -1.45. The van der Waals surface area contributed by atoms with Gasteiger partial charge in [0.1, 0.15) is 11.6 Å². The van der Waals surface area contributed by atoms with Crippen LogP contribution in [0.1, 0.15) is 17.2 Å². The minimum Gasteiger partial charge on any atom is -0.388 e. The van der Waals surface area contributed by atoms with Crippen LogP contribution in [0.25, 0.3) is 0 Å². The van der Waals surface area contributed by atoms with Crippen LogP contribution in [0, 0.1) is 11.6 Å². The summed E-state index contributed by atoms with van der Waals surface area (Å²) in [5.74, 6) is -1.29. The van der Waals surface area contributed by atoms with E-state index < -0.39 is 17.7 Å². The number of rotatable bonds is 3. The van der Waals surface area contributed by atoms with Crippen molar-refractivity contribution in [2.75, 3.05) is 0 Å². The van der Waals surface area contributed by atoms with Crippen molar-refractivity contribution in [3.05, 3.63) is 70.2 Å². The quantitative estimate of drug-likeness (QED) is 0.895. The van der Waals surface area contributed by atoms with Gasteiger partial charge in [-0.2, -0.15) is 0 Å². The fourth-order valence-corrected chi connectivity index (χ4v) is 1.88. The highest BCUT2D eigenvalue weighted by molar-refractivity contribution is 6.30. The molecule has 1 N–H and O–H groups in total. The number of hydrogen-bond acceptors (Lipinski definition) is 1. The largest absolute Gasteiger partial charge is 0.388 e. The molecule has 94 valence electrons. The minimum absolute atomic E-state index is 0.149. The van der Waals surface area contributed by atoms with Gasteiger partial charge in [-0.15, -0.1) is 0 Å². The summed E-state index contributed by atoms with van der Waals surface area (Å²) in [4.78, 5) is 0. The molecule has 4 heteroatoms. The third-order valence-electron chi connectivity index (χ3n) is 2.61. The van der Waals surface area contributed by atoms with Crippen LogP contribution in [-0.2, 0) is 6.42 Å². The van der Waals surface area contributed by atoms with Crippen molar-refractivity contribution in [1.29, 1.82) is 0 Å². The summed E-state index contributed by atoms with van der Waals surface area (Å²) in [6, 6.07) is 9.91. The van der Waals surface area contributed by atoms with Crippen molar-refractivity contribution >= 4 is 11.6 Å². The van der Waals surface area contributed by atoms with Gasteiger partial charge in [-0.05, 0) is 35.4 Å². The molecule has 2 rings (SSSR count). The zero-order valence-corrected chi connectivity index (χ0v) is 10.2. The van der Waals surface area contributed by atoms with E-state index in [9.17, 15) is 13.9 Å². The fraction of sp³-hybridized carbons (Fsp3) is 0.143. The second-order valence-corrected chi connectivity index (χ2v) is 4.49. The molecule has 2 aromatic rings. The van der Waals surface area contributed by atoms with E-state index in [0.717, 1.165) is 6.07 Å². The average Bonchev–Trinajstić information content (AvgIpc) is 2.28. The van der Waals surface area contributed by atoms with Gasteiger partial charge < -0.3 is 5.11 Å². The molecule has 0 saturated heterocycles. The summed E-state index contributed by atoms with van der Waals surface area (Å²) in [5.41, 5.74) is 1.07. The topological polar surface area (TPSA) is 20.2 Å². The Morgan fingerprint density at radius 3 is 2.11 bits per heavy atom. The van der Waals surface area contributed by atoms with E-state index >= 15 is 0 Å². The SMILES string of the molecule is OC(Cc1cc(F)cc(F)c1)c1ccc(Cl)cc1. The third kappa shape index (κ3) is 3.28. The normalized spacial score (nSPS) is 12.4. The summed E-state index contributed by atoms with van der Waals surface area (Å²) in [7, 11) is 0.